The Labute approximate surface area is 274 Å². The van der Waals surface area contributed by atoms with E-state index >= 15 is 0 Å². The third kappa shape index (κ3) is 12.6. The number of Topliss-reactive ketones (excluding diaryl/α,β-unsaturated/α-hetero) is 1. The first-order valence-corrected chi connectivity index (χ1v) is 12.8. The van der Waals surface area contributed by atoms with Crippen molar-refractivity contribution in [1.82, 2.24) is 0 Å². The zero-order valence-corrected chi connectivity index (χ0v) is 27.1. The molecule has 11 heteroatoms. The number of carbonyl (C=O) groups is 3. The first-order chi connectivity index (χ1) is 18.5. The normalized spacial score (nSPS) is 9.59. The van der Waals surface area contributed by atoms with Gasteiger partial charge in [-0.05, 0) is 62.6 Å². The molecule has 0 saturated carbocycles. The van der Waals surface area contributed by atoms with Crippen LogP contribution >= 0.6 is 31.9 Å². The van der Waals surface area contributed by atoms with E-state index in [4.69, 9.17) is 5.11 Å². The molecule has 4 aromatic rings. The molecule has 0 unspecified atom stereocenters. The van der Waals surface area contributed by atoms with Crippen LogP contribution in [-0.2, 0) is 0 Å². The van der Waals surface area contributed by atoms with E-state index in [0.717, 1.165) is 29.5 Å². The molecule has 4 rings (SSSR count). The van der Waals surface area contributed by atoms with Crippen molar-refractivity contribution in [2.45, 2.75) is 6.92 Å². The molecule has 0 aromatic heterocycles. The quantitative estimate of drug-likeness (QED) is 0.131. The van der Waals surface area contributed by atoms with Crippen LogP contribution in [0.5, 0.6) is 11.5 Å². The summed E-state index contributed by atoms with van der Waals surface area (Å²) in [7, 11) is 0. The molecule has 4 aromatic carbocycles. The molecule has 0 atom stereocenters. The molecule has 0 bridgehead atoms. The summed E-state index contributed by atoms with van der Waals surface area (Å²) in [5.41, 5.74) is 1.77. The van der Waals surface area contributed by atoms with Crippen molar-refractivity contribution in [2.75, 3.05) is 0 Å². The molecule has 6 nitrogen and oxygen atoms in total. The number of aromatic hydroxyl groups is 2. The largest absolute Gasteiger partial charge is 1.00 e. The van der Waals surface area contributed by atoms with Gasteiger partial charge in [0.25, 0.3) is 0 Å². The van der Waals surface area contributed by atoms with E-state index < -0.39 is 11.6 Å². The van der Waals surface area contributed by atoms with Crippen LogP contribution in [0.2, 0.25) is 0 Å². The molecule has 0 fully saturated rings. The standard InChI is InChI=1S/C15H10BrFO2.C8H6BrFO2.C7H6O.Na.H2O/c16-12-8-11(15(19)9-13(12)17)14(18)7-6-10-4-2-1-3-5-10;1-4(11)5-2-6(9)7(10)3-8(5)12;8-6-7-4-2-1-3-5-7;;/h1-9,19H;2-3,12H,1H3;1-6H;;1H2/q;;;+1;/p-1/b7-6+;;;;. The monoisotopic (exact) mass is 698 g/mol. The minimum atomic E-state index is -0.610. The fourth-order valence-electron chi connectivity index (χ4n) is 2.91. The molecule has 41 heavy (non-hydrogen) atoms. The topological polar surface area (TPSA) is 122 Å². The average molecular weight is 700 g/mol. The molecule has 0 saturated heterocycles. The number of benzene rings is 4. The Morgan fingerprint density at radius 1 is 0.732 bits per heavy atom. The van der Waals surface area contributed by atoms with Crippen LogP contribution in [-0.4, -0.2) is 33.5 Å². The maximum Gasteiger partial charge on any atom is 1.00 e. The number of ketones is 2. The van der Waals surface area contributed by atoms with Crippen LogP contribution < -0.4 is 29.6 Å². The Hall–Kier alpha value is -2.99. The van der Waals surface area contributed by atoms with Gasteiger partial charge in [0.05, 0.1) is 20.1 Å². The Balaban J connectivity index is 0.000000626. The van der Waals surface area contributed by atoms with Crippen molar-refractivity contribution in [3.05, 3.63) is 134 Å². The van der Waals surface area contributed by atoms with Crippen molar-refractivity contribution in [1.29, 1.82) is 0 Å². The van der Waals surface area contributed by atoms with E-state index in [9.17, 15) is 28.3 Å². The van der Waals surface area contributed by atoms with Crippen LogP contribution in [0, 0.1) is 11.6 Å². The fraction of sp³-hybridized carbons (Fsp3) is 0.0333. The van der Waals surface area contributed by atoms with Crippen molar-refractivity contribution >= 4 is 55.8 Å². The van der Waals surface area contributed by atoms with Crippen molar-refractivity contribution in [3.8, 4) is 11.5 Å². The summed E-state index contributed by atoms with van der Waals surface area (Å²) < 4.78 is 26.2. The summed E-state index contributed by atoms with van der Waals surface area (Å²) >= 11 is 5.89. The van der Waals surface area contributed by atoms with Gasteiger partial charge in [0.15, 0.2) is 11.6 Å². The second-order valence-electron chi connectivity index (χ2n) is 7.76. The molecular formula is C30H23Br2F2NaO6. The SMILES string of the molecule is CC(=O)c1cc(Br)c(F)cc1O.O=C(/C=C/c1ccccc1)c1cc(Br)c(F)cc1O.O=Cc1ccccc1.[Na+].[OH-]. The van der Waals surface area contributed by atoms with Crippen LogP contribution in [0.1, 0.15) is 43.6 Å². The van der Waals surface area contributed by atoms with Gasteiger partial charge in [0.1, 0.15) is 29.4 Å². The molecule has 0 radical (unpaired) electrons. The minimum absolute atomic E-state index is 0. The summed E-state index contributed by atoms with van der Waals surface area (Å²) in [6.45, 7) is 1.30. The average Bonchev–Trinajstić information content (AvgIpc) is 2.93. The van der Waals surface area contributed by atoms with Gasteiger partial charge in [-0.25, -0.2) is 8.78 Å². The van der Waals surface area contributed by atoms with Gasteiger partial charge >= 0.3 is 29.6 Å². The van der Waals surface area contributed by atoms with E-state index in [1.165, 1.54) is 25.1 Å². The van der Waals surface area contributed by atoms with Gasteiger partial charge in [0.2, 0.25) is 0 Å². The molecular weight excluding hydrogens is 677 g/mol. The Bertz CT molecular complexity index is 1480. The van der Waals surface area contributed by atoms with Gasteiger partial charge < -0.3 is 15.7 Å². The van der Waals surface area contributed by atoms with Gasteiger partial charge in [-0.2, -0.15) is 0 Å². The van der Waals surface area contributed by atoms with Crippen LogP contribution in [0.3, 0.4) is 0 Å². The predicted molar refractivity (Wildman–Crippen MR) is 155 cm³/mol. The van der Waals surface area contributed by atoms with Crippen molar-refractivity contribution in [3.63, 3.8) is 0 Å². The third-order valence-electron chi connectivity index (χ3n) is 4.88. The van der Waals surface area contributed by atoms with E-state index in [2.05, 4.69) is 31.9 Å². The zero-order valence-electron chi connectivity index (χ0n) is 21.9. The summed E-state index contributed by atoms with van der Waals surface area (Å²) in [5.74, 6) is -2.58. The number of halogens is 4. The van der Waals surface area contributed by atoms with E-state index in [-0.39, 0.29) is 78.2 Å². The minimum Gasteiger partial charge on any atom is -0.870 e. The zero-order chi connectivity index (χ0) is 28.9. The molecule has 0 heterocycles. The molecule has 0 spiro atoms. The Morgan fingerprint density at radius 3 is 1.56 bits per heavy atom. The van der Waals surface area contributed by atoms with E-state index in [1.807, 2.05) is 48.5 Å². The van der Waals surface area contributed by atoms with Crippen molar-refractivity contribution in [2.24, 2.45) is 0 Å². The van der Waals surface area contributed by atoms with Gasteiger partial charge in [0, 0.05) is 17.7 Å². The summed E-state index contributed by atoms with van der Waals surface area (Å²) in [4.78, 5) is 32.7. The molecule has 0 amide bonds. The number of phenols is 2. The third-order valence-corrected chi connectivity index (χ3v) is 6.10. The smallest absolute Gasteiger partial charge is 0.870 e. The van der Waals surface area contributed by atoms with Crippen LogP contribution in [0.15, 0.2) is 100.0 Å². The molecule has 208 valence electrons. The van der Waals surface area contributed by atoms with E-state index in [1.54, 1.807) is 18.2 Å². The first-order valence-electron chi connectivity index (χ1n) is 11.2. The summed E-state index contributed by atoms with van der Waals surface area (Å²) in [5, 5.41) is 18.7. The number of aldehydes is 1. The Kier molecular flexibility index (Phi) is 17.8. The number of allylic oxidation sites excluding steroid dienone is 1. The van der Waals surface area contributed by atoms with Crippen LogP contribution in [0.25, 0.3) is 6.08 Å². The second kappa shape index (κ2) is 19.2. The summed E-state index contributed by atoms with van der Waals surface area (Å²) in [6, 6.07) is 22.7. The van der Waals surface area contributed by atoms with Gasteiger partial charge in [-0.3, -0.25) is 14.4 Å². The second-order valence-corrected chi connectivity index (χ2v) is 9.47. The number of hydrogen-bond acceptors (Lipinski definition) is 6. The number of carbonyl (C=O) groups excluding carboxylic acids is 3. The van der Waals surface area contributed by atoms with Crippen molar-refractivity contribution < 1.29 is 68.4 Å². The van der Waals surface area contributed by atoms with Crippen LogP contribution in [0.4, 0.5) is 8.78 Å². The molecule has 0 aliphatic rings. The number of rotatable bonds is 5. The fourth-order valence-corrected chi connectivity index (χ4v) is 3.60. The first kappa shape index (κ1) is 38.0. The maximum absolute atomic E-state index is 13.1. The number of hydrogen-bond donors (Lipinski definition) is 2. The Morgan fingerprint density at radius 2 is 1.15 bits per heavy atom. The predicted octanol–water partition coefficient (Wildman–Crippen LogP) is 5.01. The van der Waals surface area contributed by atoms with Gasteiger partial charge in [-0.15, -0.1) is 0 Å². The summed E-state index contributed by atoms with van der Waals surface area (Å²) in [6.07, 6.45) is 3.81. The van der Waals surface area contributed by atoms with E-state index in [0.29, 0.717) is 0 Å². The molecule has 0 aliphatic heterocycles. The molecule has 0 aliphatic carbocycles. The number of phenolic OH excluding ortho intramolecular Hbond substituents is 2. The molecule has 3 N–H and O–H groups in total. The van der Waals surface area contributed by atoms with Gasteiger partial charge in [-0.1, -0.05) is 66.7 Å². The maximum atomic E-state index is 13.1.